The van der Waals surface area contributed by atoms with E-state index in [0.29, 0.717) is 5.92 Å². The second-order valence-electron chi connectivity index (χ2n) is 6.16. The predicted octanol–water partition coefficient (Wildman–Crippen LogP) is 2.70. The number of ether oxygens (including phenoxy) is 1. The molecule has 1 aromatic carbocycles. The maximum atomic E-state index is 5.69. The number of fused-ring (bicyclic) bond motifs is 1. The molecule has 0 bridgehead atoms. The van der Waals surface area contributed by atoms with Gasteiger partial charge in [0.15, 0.2) is 0 Å². The van der Waals surface area contributed by atoms with Crippen LogP contribution >= 0.6 is 0 Å². The van der Waals surface area contributed by atoms with Gasteiger partial charge in [0.2, 0.25) is 0 Å². The van der Waals surface area contributed by atoms with Crippen molar-refractivity contribution in [3.8, 4) is 0 Å². The van der Waals surface area contributed by atoms with Gasteiger partial charge in [0.1, 0.15) is 0 Å². The summed E-state index contributed by atoms with van der Waals surface area (Å²) in [7, 11) is 1.84. The summed E-state index contributed by atoms with van der Waals surface area (Å²) >= 11 is 0. The molecule has 3 rings (SSSR count). The van der Waals surface area contributed by atoms with E-state index in [4.69, 9.17) is 4.74 Å². The zero-order valence-electron chi connectivity index (χ0n) is 12.0. The molecule has 1 fully saturated rings. The van der Waals surface area contributed by atoms with Gasteiger partial charge >= 0.3 is 0 Å². The van der Waals surface area contributed by atoms with E-state index in [1.54, 1.807) is 0 Å². The van der Waals surface area contributed by atoms with E-state index in [1.165, 1.54) is 30.6 Å². The van der Waals surface area contributed by atoms with E-state index in [1.807, 2.05) is 7.11 Å². The lowest BCUT2D eigenvalue weighted by atomic mass is 9.93. The Morgan fingerprint density at radius 2 is 2.26 bits per heavy atom. The molecule has 19 heavy (non-hydrogen) atoms. The smallest absolute Gasteiger partial charge is 0.0777 e. The predicted molar refractivity (Wildman–Crippen MR) is 78.8 cm³/mol. The molecule has 1 aromatic rings. The molecule has 3 nitrogen and oxygen atoms in total. The van der Waals surface area contributed by atoms with Gasteiger partial charge in [-0.05, 0) is 37.9 Å². The van der Waals surface area contributed by atoms with Crippen molar-refractivity contribution in [3.05, 3.63) is 29.8 Å². The Morgan fingerprint density at radius 3 is 3.11 bits per heavy atom. The number of nitrogens with zero attached hydrogens (tertiary/aromatic N) is 1. The van der Waals surface area contributed by atoms with Crippen molar-refractivity contribution in [2.45, 2.75) is 31.3 Å². The highest BCUT2D eigenvalue weighted by molar-refractivity contribution is 5.57. The summed E-state index contributed by atoms with van der Waals surface area (Å²) in [4.78, 5) is 2.57. The molecule has 1 saturated heterocycles. The first-order valence-electron chi connectivity index (χ1n) is 7.30. The summed E-state index contributed by atoms with van der Waals surface area (Å²) in [6.07, 6.45) is 2.42. The lowest BCUT2D eigenvalue weighted by molar-refractivity contribution is -0.0514. The normalized spacial score (nSPS) is 30.9. The number of piperidine rings is 1. The number of benzene rings is 1. The van der Waals surface area contributed by atoms with Crippen LogP contribution in [-0.4, -0.2) is 43.8 Å². The van der Waals surface area contributed by atoms with Crippen molar-refractivity contribution < 1.29 is 4.74 Å². The monoisotopic (exact) mass is 260 g/mol. The maximum Gasteiger partial charge on any atom is 0.0777 e. The number of hydrogen-bond donors (Lipinski definition) is 1. The molecule has 1 N–H and O–H groups in total. The van der Waals surface area contributed by atoms with Crippen molar-refractivity contribution in [1.82, 2.24) is 4.90 Å². The molecule has 2 aliphatic rings. The van der Waals surface area contributed by atoms with Crippen molar-refractivity contribution in [3.63, 3.8) is 0 Å². The summed E-state index contributed by atoms with van der Waals surface area (Å²) in [5.41, 5.74) is 2.84. The molecule has 0 amide bonds. The number of para-hydroxylation sites is 1. The van der Waals surface area contributed by atoms with Gasteiger partial charge in [-0.3, -0.25) is 4.90 Å². The van der Waals surface area contributed by atoms with Crippen molar-refractivity contribution in [2.75, 3.05) is 38.6 Å². The molecule has 3 heteroatoms. The van der Waals surface area contributed by atoms with Crippen molar-refractivity contribution in [2.24, 2.45) is 0 Å². The number of nitrogens with one attached hydrogen (secondary N) is 1. The van der Waals surface area contributed by atoms with Gasteiger partial charge in [0, 0.05) is 38.3 Å². The van der Waals surface area contributed by atoms with E-state index >= 15 is 0 Å². The van der Waals surface area contributed by atoms with Gasteiger partial charge in [-0.15, -0.1) is 0 Å². The first-order chi connectivity index (χ1) is 9.20. The van der Waals surface area contributed by atoms with Crippen LogP contribution in [-0.2, 0) is 4.74 Å². The van der Waals surface area contributed by atoms with Gasteiger partial charge in [0.25, 0.3) is 0 Å². The Morgan fingerprint density at radius 1 is 1.42 bits per heavy atom. The minimum Gasteiger partial charge on any atom is -0.384 e. The molecule has 0 radical (unpaired) electrons. The third kappa shape index (κ3) is 2.63. The highest BCUT2D eigenvalue weighted by Gasteiger charge is 2.33. The minimum atomic E-state index is 0.0454. The molecule has 2 aliphatic heterocycles. The van der Waals surface area contributed by atoms with Crippen LogP contribution in [0.2, 0.25) is 0 Å². The lowest BCUT2D eigenvalue weighted by Crippen LogP contribution is -2.48. The van der Waals surface area contributed by atoms with Crippen molar-refractivity contribution in [1.29, 1.82) is 0 Å². The second-order valence-corrected chi connectivity index (χ2v) is 6.16. The van der Waals surface area contributed by atoms with Crippen molar-refractivity contribution >= 4 is 5.69 Å². The SMILES string of the molecule is COC1(C)CCCN(CC2CNc3ccccc32)C1. The van der Waals surface area contributed by atoms with Gasteiger partial charge < -0.3 is 10.1 Å². The number of hydrogen-bond acceptors (Lipinski definition) is 3. The zero-order valence-corrected chi connectivity index (χ0v) is 12.0. The average Bonchev–Trinajstić information content (AvgIpc) is 2.83. The molecule has 104 valence electrons. The van der Waals surface area contributed by atoms with Crippen LogP contribution < -0.4 is 5.32 Å². The standard InChI is InChI=1S/C16H24N2O/c1-16(19-2)8-5-9-18(12-16)11-13-10-17-15-7-4-3-6-14(13)15/h3-4,6-7,13,17H,5,8-12H2,1-2H3. The van der Waals surface area contributed by atoms with Crippen LogP contribution in [0.5, 0.6) is 0 Å². The van der Waals surface area contributed by atoms with E-state index < -0.39 is 0 Å². The molecule has 0 saturated carbocycles. The lowest BCUT2D eigenvalue weighted by Gasteiger charge is -2.40. The van der Waals surface area contributed by atoms with Gasteiger partial charge in [-0.2, -0.15) is 0 Å². The summed E-state index contributed by atoms with van der Waals surface area (Å²) in [6.45, 7) is 6.71. The first-order valence-corrected chi connectivity index (χ1v) is 7.30. The van der Waals surface area contributed by atoms with E-state index in [2.05, 4.69) is 41.4 Å². The van der Waals surface area contributed by atoms with Gasteiger partial charge in [-0.1, -0.05) is 18.2 Å². The van der Waals surface area contributed by atoms with E-state index in [0.717, 1.165) is 19.6 Å². The molecule has 2 heterocycles. The second kappa shape index (κ2) is 5.14. The number of rotatable bonds is 3. The molecule has 2 unspecified atom stereocenters. The quantitative estimate of drug-likeness (QED) is 0.904. The molecular formula is C16H24N2O. The molecule has 0 aromatic heterocycles. The summed E-state index contributed by atoms with van der Waals surface area (Å²) in [5, 5.41) is 3.52. The molecule has 0 aliphatic carbocycles. The van der Waals surface area contributed by atoms with Crippen LogP contribution in [0, 0.1) is 0 Å². The Bertz CT molecular complexity index is 448. The first kappa shape index (κ1) is 12.9. The highest BCUT2D eigenvalue weighted by atomic mass is 16.5. The summed E-state index contributed by atoms with van der Waals surface area (Å²) in [6, 6.07) is 8.70. The molecular weight excluding hydrogens is 236 g/mol. The number of likely N-dealkylation sites (tertiary alicyclic amines) is 1. The Labute approximate surface area is 115 Å². The molecule has 2 atom stereocenters. The van der Waals surface area contributed by atoms with E-state index in [9.17, 15) is 0 Å². The minimum absolute atomic E-state index is 0.0454. The zero-order chi connectivity index (χ0) is 13.3. The third-order valence-electron chi connectivity index (χ3n) is 4.65. The Balaban J connectivity index is 1.66. The number of anilines is 1. The van der Waals surface area contributed by atoms with Crippen LogP contribution in [0.1, 0.15) is 31.2 Å². The van der Waals surface area contributed by atoms with E-state index in [-0.39, 0.29) is 5.60 Å². The Kier molecular flexibility index (Phi) is 3.50. The topological polar surface area (TPSA) is 24.5 Å². The fourth-order valence-electron chi connectivity index (χ4n) is 3.46. The van der Waals surface area contributed by atoms with Crippen LogP contribution in [0.15, 0.2) is 24.3 Å². The van der Waals surface area contributed by atoms with Crippen LogP contribution in [0.25, 0.3) is 0 Å². The Hall–Kier alpha value is -1.06. The summed E-state index contributed by atoms with van der Waals surface area (Å²) in [5.74, 6) is 0.621. The fourth-order valence-corrected chi connectivity index (χ4v) is 3.46. The number of methoxy groups -OCH3 is 1. The van der Waals surface area contributed by atoms with Gasteiger partial charge in [0.05, 0.1) is 5.60 Å². The maximum absolute atomic E-state index is 5.69. The van der Waals surface area contributed by atoms with Crippen LogP contribution in [0.3, 0.4) is 0 Å². The largest absolute Gasteiger partial charge is 0.384 e. The van der Waals surface area contributed by atoms with Crippen LogP contribution in [0.4, 0.5) is 5.69 Å². The summed E-state index contributed by atoms with van der Waals surface area (Å²) < 4.78 is 5.69. The van der Waals surface area contributed by atoms with Gasteiger partial charge in [-0.25, -0.2) is 0 Å². The highest BCUT2D eigenvalue weighted by Crippen LogP contribution is 2.33. The fraction of sp³-hybridized carbons (Fsp3) is 0.625. The third-order valence-corrected chi connectivity index (χ3v) is 4.65. The average molecular weight is 260 g/mol. The molecule has 0 spiro atoms.